The van der Waals surface area contributed by atoms with Gasteiger partial charge in [-0.3, -0.25) is 0 Å². The summed E-state index contributed by atoms with van der Waals surface area (Å²) in [6.07, 6.45) is 15.9. The lowest BCUT2D eigenvalue weighted by Crippen LogP contribution is -2.37. The van der Waals surface area contributed by atoms with Gasteiger partial charge in [-0.1, -0.05) is 90.4 Å². The molecule has 0 saturated carbocycles. The number of rotatable bonds is 22. The highest BCUT2D eigenvalue weighted by atomic mass is 32.2. The number of sulfonamides is 1. The molecule has 0 aromatic carbocycles. The number of hydrogen-bond donors (Lipinski definition) is 0. The molecule has 0 N–H and O–H groups in total. The molecule has 1 saturated heterocycles. The Morgan fingerprint density at radius 1 is 0.829 bits per heavy atom. The molecule has 5 atom stereocenters. The van der Waals surface area contributed by atoms with E-state index in [0.717, 1.165) is 12.8 Å². The van der Waals surface area contributed by atoms with Crippen molar-refractivity contribution in [2.45, 2.75) is 121 Å². The molecule has 0 amide bonds. The Morgan fingerprint density at radius 3 is 1.80 bits per heavy atom. The Morgan fingerprint density at radius 2 is 1.34 bits per heavy atom. The minimum atomic E-state index is -3.61. The smallest absolute Gasteiger partial charge is 0.255 e. The molecule has 0 radical (unpaired) electrons. The van der Waals surface area contributed by atoms with Gasteiger partial charge in [-0.2, -0.15) is 0 Å². The van der Waals surface area contributed by atoms with Crippen molar-refractivity contribution >= 4 is 26.0 Å². The maximum Gasteiger partial charge on any atom is 0.255 e. The minimum absolute atomic E-state index is 0.0265. The van der Waals surface area contributed by atoms with Crippen LogP contribution in [-0.2, 0) is 33.3 Å². The highest BCUT2D eigenvalue weighted by Gasteiger charge is 2.44. The summed E-state index contributed by atoms with van der Waals surface area (Å²) >= 11 is 0. The van der Waals surface area contributed by atoms with Gasteiger partial charge in [0.05, 0.1) is 18.4 Å². The Hall–Kier alpha value is 0.0449. The van der Waals surface area contributed by atoms with Crippen molar-refractivity contribution in [3.63, 3.8) is 0 Å². The number of nitrogens with zero attached hydrogens (tertiary/aromatic N) is 1. The SMILES string of the molecule is B[C@@H]1O[C@H](COC)[C@H](O/[PH](=N\S(=O)(=O)CCCCCCCCCCCCCCCC)OC)C1OC. The van der Waals surface area contributed by atoms with Gasteiger partial charge in [-0.05, 0) is 6.42 Å². The summed E-state index contributed by atoms with van der Waals surface area (Å²) < 4.78 is 56.8. The molecule has 8 nitrogen and oxygen atoms in total. The predicted molar refractivity (Wildman–Crippen MR) is 147 cm³/mol. The van der Waals surface area contributed by atoms with E-state index in [-0.39, 0.29) is 24.0 Å². The molecular formula is C24H51BNO7PS. The summed E-state index contributed by atoms with van der Waals surface area (Å²) in [5.41, 5.74) is 0. The van der Waals surface area contributed by atoms with Gasteiger partial charge in [0.1, 0.15) is 26.2 Å². The first-order valence-electron chi connectivity index (χ1n) is 13.6. The fraction of sp³-hybridized carbons (Fsp3) is 1.00. The zero-order valence-electron chi connectivity index (χ0n) is 22.8. The van der Waals surface area contributed by atoms with E-state index >= 15 is 0 Å². The van der Waals surface area contributed by atoms with E-state index in [1.165, 1.54) is 77.7 Å². The van der Waals surface area contributed by atoms with Crippen LogP contribution >= 0.6 is 8.17 Å². The van der Waals surface area contributed by atoms with Crippen molar-refractivity contribution in [1.29, 1.82) is 0 Å². The van der Waals surface area contributed by atoms with Crippen LogP contribution in [0.3, 0.4) is 0 Å². The number of hydrogen-bond acceptors (Lipinski definition) is 7. The molecule has 1 fully saturated rings. The largest absolute Gasteiger partial charge is 0.382 e. The third kappa shape index (κ3) is 14.5. The van der Waals surface area contributed by atoms with E-state index in [1.807, 2.05) is 7.85 Å². The van der Waals surface area contributed by atoms with Gasteiger partial charge in [-0.25, -0.2) is 8.42 Å². The van der Waals surface area contributed by atoms with Crippen LogP contribution in [0.15, 0.2) is 4.15 Å². The topological polar surface area (TPSA) is 92.7 Å². The molecule has 0 spiro atoms. The maximum atomic E-state index is 12.5. The lowest BCUT2D eigenvalue weighted by atomic mass is 9.93. The molecule has 1 aliphatic heterocycles. The number of unbranched alkanes of at least 4 members (excludes halogenated alkanes) is 13. The van der Waals surface area contributed by atoms with Gasteiger partial charge in [-0.15, -0.1) is 4.15 Å². The van der Waals surface area contributed by atoms with Crippen molar-refractivity contribution in [3.05, 3.63) is 0 Å². The van der Waals surface area contributed by atoms with Crippen LogP contribution in [-0.4, -0.2) is 74.3 Å². The summed E-state index contributed by atoms with van der Waals surface area (Å²) in [5, 5.41) is 0. The molecule has 0 aromatic rings. The van der Waals surface area contributed by atoms with Crippen molar-refractivity contribution in [2.24, 2.45) is 4.15 Å². The molecular weight excluding hydrogens is 488 g/mol. The molecule has 11 heteroatoms. The van der Waals surface area contributed by atoms with Crippen LogP contribution in [0.1, 0.15) is 96.8 Å². The van der Waals surface area contributed by atoms with Gasteiger partial charge >= 0.3 is 0 Å². The predicted octanol–water partition coefficient (Wildman–Crippen LogP) is 5.08. The third-order valence-corrected chi connectivity index (χ3v) is 9.86. The zero-order valence-corrected chi connectivity index (χ0v) is 24.7. The molecule has 1 heterocycles. The fourth-order valence-corrected chi connectivity index (χ4v) is 7.47. The van der Waals surface area contributed by atoms with Gasteiger partial charge in [0, 0.05) is 21.3 Å². The molecule has 208 valence electrons. The summed E-state index contributed by atoms with van der Waals surface area (Å²) in [7, 11) is 0.481. The van der Waals surface area contributed by atoms with Crippen molar-refractivity contribution in [1.82, 2.24) is 0 Å². The summed E-state index contributed by atoms with van der Waals surface area (Å²) in [6.45, 7) is 2.57. The normalized spacial score (nSPS) is 23.8. The zero-order chi connectivity index (χ0) is 25.9. The van der Waals surface area contributed by atoms with Gasteiger partial charge in [0.2, 0.25) is 8.17 Å². The van der Waals surface area contributed by atoms with Gasteiger partial charge < -0.3 is 23.3 Å². The first-order chi connectivity index (χ1) is 16.9. The highest BCUT2D eigenvalue weighted by Crippen LogP contribution is 2.37. The van der Waals surface area contributed by atoms with E-state index in [0.29, 0.717) is 13.0 Å². The fourth-order valence-electron chi connectivity index (χ4n) is 4.54. The lowest BCUT2D eigenvalue weighted by molar-refractivity contribution is -0.0127. The minimum Gasteiger partial charge on any atom is -0.382 e. The molecule has 35 heavy (non-hydrogen) atoms. The van der Waals surface area contributed by atoms with Gasteiger partial charge in [0.15, 0.2) is 0 Å². The van der Waals surface area contributed by atoms with E-state index in [4.69, 9.17) is 23.3 Å². The Balaban J connectivity index is 2.27. The van der Waals surface area contributed by atoms with E-state index < -0.39 is 24.3 Å². The standard InChI is InChI=1S/C24H51BNO7PS/c1-5-6-7-8-9-10-11-12-13-14-15-16-17-18-19-35(27,28)26-34(31-4)33-22-21(20-29-2)32-24(25)23(22)30-3/h21-24,34H,5-20,25H2,1-4H3/t21-,22+,23?,24-/m1/s1. The Labute approximate surface area is 216 Å². The third-order valence-electron chi connectivity index (χ3n) is 6.53. The Bertz CT molecular complexity index is 668. The molecule has 0 bridgehead atoms. The molecule has 0 aliphatic carbocycles. The molecule has 0 aromatic heterocycles. The van der Waals surface area contributed by atoms with E-state index in [1.54, 1.807) is 14.2 Å². The van der Waals surface area contributed by atoms with Gasteiger partial charge in [0.25, 0.3) is 10.0 Å². The molecule has 1 rings (SSSR count). The molecule has 2 unspecified atom stereocenters. The van der Waals surface area contributed by atoms with E-state index in [9.17, 15) is 8.42 Å². The Kier molecular flexibility index (Phi) is 19.0. The first kappa shape index (κ1) is 33.1. The van der Waals surface area contributed by atoms with Crippen molar-refractivity contribution in [3.8, 4) is 0 Å². The monoisotopic (exact) mass is 539 g/mol. The van der Waals surface area contributed by atoms with Crippen LogP contribution in [0.5, 0.6) is 0 Å². The van der Waals surface area contributed by atoms with Crippen molar-refractivity contribution in [2.75, 3.05) is 33.7 Å². The average molecular weight is 540 g/mol. The quantitative estimate of drug-likeness (QED) is 0.108. The van der Waals surface area contributed by atoms with Crippen LogP contribution in [0.25, 0.3) is 0 Å². The summed E-state index contributed by atoms with van der Waals surface area (Å²) in [6, 6.07) is -0.197. The number of ether oxygens (including phenoxy) is 3. The summed E-state index contributed by atoms with van der Waals surface area (Å²) in [4.78, 5) is 0. The second-order valence-electron chi connectivity index (χ2n) is 9.56. The lowest BCUT2D eigenvalue weighted by Gasteiger charge is -2.23. The average Bonchev–Trinajstić information content (AvgIpc) is 3.12. The molecule has 1 aliphatic rings. The highest BCUT2D eigenvalue weighted by molar-refractivity contribution is 7.92. The van der Waals surface area contributed by atoms with Crippen LogP contribution in [0.4, 0.5) is 0 Å². The van der Waals surface area contributed by atoms with Crippen LogP contribution < -0.4 is 0 Å². The maximum absolute atomic E-state index is 12.5. The summed E-state index contributed by atoms with van der Waals surface area (Å²) in [5.74, 6) is 0.0265. The second kappa shape index (κ2) is 20.1. The van der Waals surface area contributed by atoms with Crippen LogP contribution in [0, 0.1) is 0 Å². The van der Waals surface area contributed by atoms with E-state index in [2.05, 4.69) is 11.1 Å². The second-order valence-corrected chi connectivity index (χ2v) is 13.0. The number of methoxy groups -OCH3 is 2. The van der Waals surface area contributed by atoms with Crippen molar-refractivity contribution < 1.29 is 31.7 Å². The van der Waals surface area contributed by atoms with Crippen LogP contribution in [0.2, 0.25) is 0 Å². The first-order valence-corrected chi connectivity index (χ1v) is 16.5.